The van der Waals surface area contributed by atoms with Gasteiger partial charge in [-0.3, -0.25) is 0 Å². The van der Waals surface area contributed by atoms with Gasteiger partial charge in [0.25, 0.3) is 0 Å². The summed E-state index contributed by atoms with van der Waals surface area (Å²) in [5.74, 6) is 0. The van der Waals surface area contributed by atoms with Crippen LogP contribution in [0.25, 0.3) is 21.2 Å². The maximum absolute atomic E-state index is 3.26. The Bertz CT molecular complexity index is 578. The number of thiophene rings is 1. The third kappa shape index (κ3) is 1.45. The highest BCUT2D eigenvalue weighted by molar-refractivity contribution is 7.17. The fourth-order valence-electron chi connectivity index (χ4n) is 1.75. The second-order valence-corrected chi connectivity index (χ2v) is 4.31. The van der Waals surface area contributed by atoms with Crippen molar-refractivity contribution in [1.82, 2.24) is 0 Å². The van der Waals surface area contributed by atoms with Crippen LogP contribution in [0.2, 0.25) is 0 Å². The minimum Gasteiger partial charge on any atom is -0.142 e. The van der Waals surface area contributed by atoms with Crippen LogP contribution in [0.3, 0.4) is 0 Å². The van der Waals surface area contributed by atoms with Crippen LogP contribution in [-0.4, -0.2) is 0 Å². The molecule has 2 aromatic carbocycles. The molecule has 0 N–H and O–H groups in total. The van der Waals surface area contributed by atoms with Crippen molar-refractivity contribution in [1.29, 1.82) is 0 Å². The van der Waals surface area contributed by atoms with Crippen molar-refractivity contribution in [3.05, 3.63) is 60.0 Å². The lowest BCUT2D eigenvalue weighted by Crippen LogP contribution is -1.73. The first kappa shape index (κ1) is 8.69. The molecule has 0 bridgehead atoms. The van der Waals surface area contributed by atoms with Crippen LogP contribution in [0.15, 0.2) is 53.9 Å². The van der Waals surface area contributed by atoms with E-state index in [-0.39, 0.29) is 0 Å². The van der Waals surface area contributed by atoms with E-state index in [2.05, 4.69) is 41.8 Å². The molecule has 1 aromatic heterocycles. The molecule has 71 valence electrons. The van der Waals surface area contributed by atoms with E-state index in [0.29, 0.717) is 0 Å². The Labute approximate surface area is 92.8 Å². The zero-order valence-electron chi connectivity index (χ0n) is 8.10. The smallest absolute Gasteiger partial charge is 0.0428 e. The molecule has 1 heterocycles. The van der Waals surface area contributed by atoms with Crippen molar-refractivity contribution in [2.45, 2.75) is 0 Å². The Morgan fingerprint density at radius 2 is 1.80 bits per heavy atom. The van der Waals surface area contributed by atoms with Crippen molar-refractivity contribution in [2.24, 2.45) is 0 Å². The van der Waals surface area contributed by atoms with E-state index in [9.17, 15) is 0 Å². The average Bonchev–Trinajstić information content (AvgIpc) is 2.74. The van der Waals surface area contributed by atoms with Gasteiger partial charge >= 0.3 is 0 Å². The molecule has 0 aliphatic heterocycles. The van der Waals surface area contributed by atoms with E-state index in [1.54, 1.807) is 11.3 Å². The lowest BCUT2D eigenvalue weighted by atomic mass is 10.1. The van der Waals surface area contributed by atoms with E-state index in [4.69, 9.17) is 0 Å². The largest absolute Gasteiger partial charge is 0.142 e. The fourth-order valence-corrected chi connectivity index (χ4v) is 2.69. The number of benzene rings is 2. The summed E-state index contributed by atoms with van der Waals surface area (Å²) >= 11 is 1.75. The zero-order chi connectivity index (χ0) is 10.1. The lowest BCUT2D eigenvalue weighted by molar-refractivity contribution is 1.69. The maximum Gasteiger partial charge on any atom is 0.0428 e. The summed E-state index contributed by atoms with van der Waals surface area (Å²) in [5, 5.41) is 3.50. The van der Waals surface area contributed by atoms with Gasteiger partial charge in [0.15, 0.2) is 0 Å². The molecule has 3 rings (SSSR count). The standard InChI is InChI=1S/C14H9S/c1-2-6-11(7-3-1)13-10-15-14-9-5-4-8-12(13)14/h1-8,10H. The van der Waals surface area contributed by atoms with Crippen molar-refractivity contribution in [3.63, 3.8) is 0 Å². The molecular weight excluding hydrogens is 200 g/mol. The second kappa shape index (κ2) is 3.52. The molecule has 0 saturated carbocycles. The predicted molar refractivity (Wildman–Crippen MR) is 66.1 cm³/mol. The van der Waals surface area contributed by atoms with Crippen LogP contribution < -0.4 is 0 Å². The Morgan fingerprint density at radius 3 is 2.67 bits per heavy atom. The summed E-state index contributed by atoms with van der Waals surface area (Å²) in [7, 11) is 0. The minimum absolute atomic E-state index is 1.23. The Morgan fingerprint density at radius 1 is 0.933 bits per heavy atom. The number of rotatable bonds is 1. The summed E-state index contributed by atoms with van der Waals surface area (Å²) in [4.78, 5) is 0. The molecule has 0 nitrogen and oxygen atoms in total. The molecule has 0 aliphatic carbocycles. The third-order valence-corrected chi connectivity index (χ3v) is 3.41. The quantitative estimate of drug-likeness (QED) is 0.558. The molecule has 0 atom stereocenters. The number of hydrogen-bond donors (Lipinski definition) is 0. The van der Waals surface area contributed by atoms with Crippen LogP contribution in [0.5, 0.6) is 0 Å². The summed E-state index contributed by atoms with van der Waals surface area (Å²) in [6.45, 7) is 0. The summed E-state index contributed by atoms with van der Waals surface area (Å²) in [6.07, 6.45) is 0. The van der Waals surface area contributed by atoms with Crippen molar-refractivity contribution < 1.29 is 0 Å². The van der Waals surface area contributed by atoms with Crippen molar-refractivity contribution in [2.75, 3.05) is 0 Å². The van der Waals surface area contributed by atoms with Gasteiger partial charge in [-0.15, -0.1) is 11.3 Å². The van der Waals surface area contributed by atoms with Gasteiger partial charge in [-0.05, 0) is 10.9 Å². The SMILES string of the molecule is [c]1cccc2c(-c3ccccc3)csc12. The van der Waals surface area contributed by atoms with Gasteiger partial charge in [-0.1, -0.05) is 48.5 Å². The van der Waals surface area contributed by atoms with Gasteiger partial charge in [0, 0.05) is 21.7 Å². The zero-order valence-corrected chi connectivity index (χ0v) is 8.92. The molecule has 0 saturated heterocycles. The molecule has 0 spiro atoms. The van der Waals surface area contributed by atoms with E-state index < -0.39 is 0 Å². The van der Waals surface area contributed by atoms with Gasteiger partial charge in [-0.25, -0.2) is 0 Å². The summed E-state index contributed by atoms with van der Waals surface area (Å²) in [5.41, 5.74) is 2.59. The summed E-state index contributed by atoms with van der Waals surface area (Å²) in [6, 6.07) is 19.9. The van der Waals surface area contributed by atoms with Gasteiger partial charge in [-0.2, -0.15) is 0 Å². The van der Waals surface area contributed by atoms with E-state index in [1.165, 1.54) is 21.2 Å². The molecule has 15 heavy (non-hydrogen) atoms. The highest BCUT2D eigenvalue weighted by Crippen LogP contribution is 2.33. The second-order valence-electron chi connectivity index (χ2n) is 3.43. The molecule has 0 amide bonds. The Hall–Kier alpha value is -1.60. The highest BCUT2D eigenvalue weighted by Gasteiger charge is 2.04. The topological polar surface area (TPSA) is 0 Å². The molecule has 1 radical (unpaired) electrons. The van der Waals surface area contributed by atoms with Crippen molar-refractivity contribution >= 4 is 21.4 Å². The Kier molecular flexibility index (Phi) is 2.04. The van der Waals surface area contributed by atoms with Gasteiger partial charge < -0.3 is 0 Å². The molecule has 3 aromatic rings. The van der Waals surface area contributed by atoms with Crippen LogP contribution in [-0.2, 0) is 0 Å². The van der Waals surface area contributed by atoms with Crippen molar-refractivity contribution in [3.8, 4) is 11.1 Å². The summed E-state index contributed by atoms with van der Waals surface area (Å²) < 4.78 is 1.23. The first-order chi connectivity index (χ1) is 7.45. The normalized spacial score (nSPS) is 10.7. The van der Waals surface area contributed by atoms with Crippen LogP contribution in [0, 0.1) is 6.07 Å². The first-order valence-corrected chi connectivity index (χ1v) is 5.76. The van der Waals surface area contributed by atoms with Crippen LogP contribution in [0.1, 0.15) is 0 Å². The van der Waals surface area contributed by atoms with Gasteiger partial charge in [0.2, 0.25) is 0 Å². The average molecular weight is 209 g/mol. The van der Waals surface area contributed by atoms with Gasteiger partial charge in [0.1, 0.15) is 0 Å². The molecule has 0 unspecified atom stereocenters. The third-order valence-electron chi connectivity index (χ3n) is 2.49. The lowest BCUT2D eigenvalue weighted by Gasteiger charge is -1.98. The van der Waals surface area contributed by atoms with Crippen LogP contribution in [0.4, 0.5) is 0 Å². The monoisotopic (exact) mass is 209 g/mol. The van der Waals surface area contributed by atoms with E-state index in [1.807, 2.05) is 18.2 Å². The number of fused-ring (bicyclic) bond motifs is 1. The van der Waals surface area contributed by atoms with Crippen LogP contribution >= 0.6 is 11.3 Å². The van der Waals surface area contributed by atoms with Gasteiger partial charge in [0.05, 0.1) is 0 Å². The predicted octanol–water partition coefficient (Wildman–Crippen LogP) is 4.37. The molecular formula is C14H9S. The molecule has 0 fully saturated rings. The van der Waals surface area contributed by atoms with E-state index in [0.717, 1.165) is 0 Å². The molecule has 0 aliphatic rings. The van der Waals surface area contributed by atoms with E-state index >= 15 is 0 Å². The fraction of sp³-hybridized carbons (Fsp3) is 0. The highest BCUT2D eigenvalue weighted by atomic mass is 32.1. The molecule has 1 heteroatoms. The first-order valence-electron chi connectivity index (χ1n) is 4.88. The maximum atomic E-state index is 3.26. The minimum atomic E-state index is 1.23. The number of hydrogen-bond acceptors (Lipinski definition) is 1. The Balaban J connectivity index is 2.28.